The van der Waals surface area contributed by atoms with Crippen molar-refractivity contribution in [1.29, 1.82) is 0 Å². The van der Waals surface area contributed by atoms with Gasteiger partial charge in [0.25, 0.3) is 0 Å². The molecule has 3 atom stereocenters. The fourth-order valence-corrected chi connectivity index (χ4v) is 1.21. The quantitative estimate of drug-likeness (QED) is 0.517. The Labute approximate surface area is 74.0 Å². The average Bonchev–Trinajstić information content (AvgIpc) is 1.84. The van der Waals surface area contributed by atoms with E-state index in [0.717, 1.165) is 6.42 Å². The molecule has 0 radical (unpaired) electrons. The highest BCUT2D eigenvalue weighted by molar-refractivity contribution is 7.38. The third kappa shape index (κ3) is 4.41. The van der Waals surface area contributed by atoms with Crippen molar-refractivity contribution in [2.45, 2.75) is 32.9 Å². The van der Waals surface area contributed by atoms with Crippen molar-refractivity contribution in [1.82, 2.24) is 0 Å². The van der Waals surface area contributed by atoms with Crippen LogP contribution < -0.4 is 0 Å². The molecular formula is C6H17AlO2P+. The second-order valence-electron chi connectivity index (χ2n) is 2.43. The van der Waals surface area contributed by atoms with Gasteiger partial charge in [-0.1, -0.05) is 13.8 Å². The molecule has 0 aliphatic heterocycles. The zero-order valence-electron chi connectivity index (χ0n) is 6.16. The molecule has 0 bridgehead atoms. The summed E-state index contributed by atoms with van der Waals surface area (Å²) in [4.78, 5) is 8.63. The van der Waals surface area contributed by atoms with E-state index in [1.54, 1.807) is 0 Å². The molecule has 0 spiro atoms. The predicted molar refractivity (Wildman–Crippen MR) is 48.7 cm³/mol. The lowest BCUT2D eigenvalue weighted by Crippen LogP contribution is -2.07. The van der Waals surface area contributed by atoms with E-state index in [-0.39, 0.29) is 23.0 Å². The Bertz CT molecular complexity index is 108. The van der Waals surface area contributed by atoms with Gasteiger partial charge in [-0.15, -0.1) is 0 Å². The molecule has 0 aliphatic rings. The molecule has 0 aromatic carbocycles. The van der Waals surface area contributed by atoms with Crippen molar-refractivity contribution in [3.63, 3.8) is 0 Å². The summed E-state index contributed by atoms with van der Waals surface area (Å²) in [6, 6.07) is 0. The molecule has 3 unspecified atom stereocenters. The lowest BCUT2D eigenvalue weighted by atomic mass is 10.1. The second-order valence-corrected chi connectivity index (χ2v) is 3.85. The van der Waals surface area contributed by atoms with Gasteiger partial charge in [0, 0.05) is 5.92 Å². The van der Waals surface area contributed by atoms with Crippen LogP contribution >= 0.6 is 8.03 Å². The van der Waals surface area contributed by atoms with Crippen LogP contribution in [0, 0.1) is 5.92 Å². The van der Waals surface area contributed by atoms with E-state index in [4.69, 9.17) is 4.89 Å². The van der Waals surface area contributed by atoms with Gasteiger partial charge in [0.15, 0.2) is 23.0 Å². The molecule has 0 aromatic rings. The number of hydrogen-bond acceptors (Lipinski definition) is 1. The summed E-state index contributed by atoms with van der Waals surface area (Å²) in [5.74, 6) is 0.360. The van der Waals surface area contributed by atoms with Crippen molar-refractivity contribution >= 4 is 25.4 Å². The Morgan fingerprint density at radius 3 is 2.00 bits per heavy atom. The Hall–Kier alpha value is 0.592. The summed E-state index contributed by atoms with van der Waals surface area (Å²) in [6.45, 7) is 5.83. The van der Waals surface area contributed by atoms with Gasteiger partial charge in [-0.2, -0.15) is 4.89 Å². The lowest BCUT2D eigenvalue weighted by molar-refractivity contribution is 0.454. The summed E-state index contributed by atoms with van der Waals surface area (Å²) < 4.78 is 10.4. The number of hydrogen-bond donors (Lipinski definition) is 1. The fraction of sp³-hybridized carbons (Fsp3) is 1.00. The normalized spacial score (nSPS) is 17.0. The Morgan fingerprint density at radius 2 is 1.90 bits per heavy atom. The van der Waals surface area contributed by atoms with Crippen LogP contribution in [-0.2, 0) is 4.57 Å². The molecule has 2 nitrogen and oxygen atoms in total. The molecule has 1 N–H and O–H groups in total. The Kier molecular flexibility index (Phi) is 8.33. The SMILES string of the molecule is CCC(C)C(C)[P+](=O)O.[AlH3]. The monoisotopic (exact) mass is 179 g/mol. The van der Waals surface area contributed by atoms with E-state index in [2.05, 4.69) is 0 Å². The smallest absolute Gasteiger partial charge is 0.161 e. The van der Waals surface area contributed by atoms with Gasteiger partial charge in [0.1, 0.15) is 0 Å². The van der Waals surface area contributed by atoms with Crippen molar-refractivity contribution in [3.8, 4) is 0 Å². The minimum atomic E-state index is -1.96. The van der Waals surface area contributed by atoms with Crippen LogP contribution in [0.2, 0.25) is 0 Å². The van der Waals surface area contributed by atoms with Gasteiger partial charge in [0.05, 0.1) is 0 Å². The van der Waals surface area contributed by atoms with Gasteiger partial charge in [0.2, 0.25) is 0 Å². The standard InChI is InChI=1S/C6H13O2P.Al.3H/c1-4-5(2)6(3)9(7)8;;;;/h5-6H,4H2,1-3H3;;;;/p+1. The van der Waals surface area contributed by atoms with Gasteiger partial charge in [-0.05, 0) is 17.9 Å². The maximum Gasteiger partial charge on any atom is 0.508 e. The minimum absolute atomic E-state index is 0. The molecular weight excluding hydrogens is 162 g/mol. The zero-order chi connectivity index (χ0) is 7.44. The molecule has 4 heteroatoms. The summed E-state index contributed by atoms with van der Waals surface area (Å²) in [5.41, 5.74) is -0.0509. The van der Waals surface area contributed by atoms with Crippen LogP contribution in [0.15, 0.2) is 0 Å². The van der Waals surface area contributed by atoms with Crippen molar-refractivity contribution in [2.75, 3.05) is 0 Å². The van der Waals surface area contributed by atoms with Crippen LogP contribution in [0.1, 0.15) is 27.2 Å². The highest BCUT2D eigenvalue weighted by Crippen LogP contribution is 2.29. The molecule has 0 rings (SSSR count). The van der Waals surface area contributed by atoms with Gasteiger partial charge >= 0.3 is 8.03 Å². The van der Waals surface area contributed by atoms with E-state index < -0.39 is 8.03 Å². The molecule has 0 aliphatic carbocycles. The molecule has 0 saturated carbocycles. The zero-order valence-corrected chi connectivity index (χ0v) is 7.06. The summed E-state index contributed by atoms with van der Waals surface area (Å²) in [6.07, 6.45) is 0.975. The fourth-order valence-electron chi connectivity index (χ4n) is 0.559. The van der Waals surface area contributed by atoms with Gasteiger partial charge < -0.3 is 0 Å². The van der Waals surface area contributed by atoms with Crippen molar-refractivity contribution in [2.24, 2.45) is 5.92 Å². The summed E-state index contributed by atoms with van der Waals surface area (Å²) in [5, 5.41) is 0. The molecule has 0 aromatic heterocycles. The van der Waals surface area contributed by atoms with Gasteiger partial charge in [-0.25, -0.2) is 0 Å². The van der Waals surface area contributed by atoms with E-state index in [1.165, 1.54) is 0 Å². The van der Waals surface area contributed by atoms with E-state index in [0.29, 0.717) is 5.92 Å². The first-order valence-corrected chi connectivity index (χ1v) is 4.53. The lowest BCUT2D eigenvalue weighted by Gasteiger charge is -2.04. The second kappa shape index (κ2) is 6.31. The van der Waals surface area contributed by atoms with Crippen LogP contribution in [0.5, 0.6) is 0 Å². The van der Waals surface area contributed by atoms with Crippen molar-refractivity contribution < 1.29 is 9.46 Å². The first-order chi connectivity index (χ1) is 4.09. The van der Waals surface area contributed by atoms with Crippen LogP contribution in [0.25, 0.3) is 0 Å². The highest BCUT2D eigenvalue weighted by atomic mass is 31.1. The molecule has 0 heterocycles. The minimum Gasteiger partial charge on any atom is -0.161 e. The Morgan fingerprint density at radius 1 is 1.50 bits per heavy atom. The highest BCUT2D eigenvalue weighted by Gasteiger charge is 2.27. The molecule has 10 heavy (non-hydrogen) atoms. The maximum absolute atomic E-state index is 10.4. The number of rotatable bonds is 3. The van der Waals surface area contributed by atoms with Crippen LogP contribution in [0.3, 0.4) is 0 Å². The van der Waals surface area contributed by atoms with E-state index in [9.17, 15) is 4.57 Å². The first kappa shape index (κ1) is 13.2. The predicted octanol–water partition coefficient (Wildman–Crippen LogP) is 0.972. The molecule has 0 amide bonds. The third-order valence-corrected chi connectivity index (χ3v) is 3.02. The van der Waals surface area contributed by atoms with Crippen molar-refractivity contribution in [3.05, 3.63) is 0 Å². The first-order valence-electron chi connectivity index (χ1n) is 3.24. The third-order valence-electron chi connectivity index (χ3n) is 1.82. The van der Waals surface area contributed by atoms with E-state index >= 15 is 0 Å². The van der Waals surface area contributed by atoms with Crippen LogP contribution in [0.4, 0.5) is 0 Å². The Balaban J connectivity index is 0. The molecule has 60 valence electrons. The topological polar surface area (TPSA) is 37.3 Å². The summed E-state index contributed by atoms with van der Waals surface area (Å²) >= 11 is 0. The average molecular weight is 179 g/mol. The van der Waals surface area contributed by atoms with E-state index in [1.807, 2.05) is 20.8 Å². The molecule has 0 saturated heterocycles. The largest absolute Gasteiger partial charge is 0.508 e. The van der Waals surface area contributed by atoms with Crippen LogP contribution in [-0.4, -0.2) is 27.9 Å². The van der Waals surface area contributed by atoms with Gasteiger partial charge in [-0.3, -0.25) is 0 Å². The summed E-state index contributed by atoms with van der Waals surface area (Å²) in [7, 11) is -1.96. The maximum atomic E-state index is 10.4. The molecule has 0 fully saturated rings.